The van der Waals surface area contributed by atoms with E-state index in [1.54, 1.807) is 0 Å². The predicted octanol–water partition coefficient (Wildman–Crippen LogP) is 5.47. The second-order valence-corrected chi connectivity index (χ2v) is 10.5. The van der Waals surface area contributed by atoms with E-state index in [-0.39, 0.29) is 6.98 Å². The van der Waals surface area contributed by atoms with Gasteiger partial charge in [-0.05, 0) is 48.7 Å². The number of rotatable bonds is 1. The van der Waals surface area contributed by atoms with E-state index in [2.05, 4.69) is 110 Å². The highest BCUT2D eigenvalue weighted by Gasteiger charge is 2.52. The van der Waals surface area contributed by atoms with Crippen LogP contribution in [0.25, 0.3) is 33.3 Å². The van der Waals surface area contributed by atoms with Crippen LogP contribution in [0, 0.1) is 6.92 Å². The summed E-state index contributed by atoms with van der Waals surface area (Å²) in [7, 11) is 4.47. The average Bonchev–Trinajstić information content (AvgIpc) is 3.35. The van der Waals surface area contributed by atoms with Crippen molar-refractivity contribution in [1.82, 2.24) is 4.48 Å². The Morgan fingerprint density at radius 1 is 1.06 bits per heavy atom. The molecule has 7 rings (SSSR count). The summed E-state index contributed by atoms with van der Waals surface area (Å²) in [4.78, 5) is 2.51. The van der Waals surface area contributed by atoms with Gasteiger partial charge >= 0.3 is 6.98 Å². The topological polar surface area (TPSA) is 25.2 Å². The second-order valence-electron chi connectivity index (χ2n) is 10.5. The van der Waals surface area contributed by atoms with Gasteiger partial charge in [-0.15, -0.1) is 0 Å². The summed E-state index contributed by atoms with van der Waals surface area (Å²) < 4.78 is 11.3. The first kappa shape index (κ1) is 20.0. The zero-order valence-electron chi connectivity index (χ0n) is 20.7. The largest absolute Gasteiger partial charge is 0.537 e. The first-order chi connectivity index (χ1) is 16.4. The lowest BCUT2D eigenvalue weighted by atomic mass is 9.55. The van der Waals surface area contributed by atoms with Crippen molar-refractivity contribution in [1.29, 1.82) is 0 Å². The number of para-hydroxylation sites is 1. The van der Waals surface area contributed by atoms with Gasteiger partial charge in [-0.3, -0.25) is 4.48 Å². The summed E-state index contributed by atoms with van der Waals surface area (Å²) in [5.41, 5.74) is 11.5. The van der Waals surface area contributed by atoms with Gasteiger partial charge in [0.05, 0.1) is 23.7 Å². The van der Waals surface area contributed by atoms with Crippen molar-refractivity contribution in [2.24, 2.45) is 7.05 Å². The SMILES string of the molecule is Cc1cc2oc3ccccc3c2c2c1-c1n3c(c[n+]1C)C(C)c1cccc(C(C)C)c1B3N2C. The summed E-state index contributed by atoms with van der Waals surface area (Å²) in [6.07, 6.45) is 2.35. The molecule has 4 nitrogen and oxygen atoms in total. The van der Waals surface area contributed by atoms with Crippen molar-refractivity contribution in [3.63, 3.8) is 0 Å². The van der Waals surface area contributed by atoms with Crippen molar-refractivity contribution in [2.45, 2.75) is 39.5 Å². The van der Waals surface area contributed by atoms with Crippen LogP contribution < -0.4 is 14.8 Å². The van der Waals surface area contributed by atoms with E-state index in [9.17, 15) is 0 Å². The molecule has 5 aromatic rings. The van der Waals surface area contributed by atoms with E-state index in [0.29, 0.717) is 11.8 Å². The molecule has 34 heavy (non-hydrogen) atoms. The lowest BCUT2D eigenvalue weighted by Gasteiger charge is -2.38. The van der Waals surface area contributed by atoms with Gasteiger partial charge < -0.3 is 9.23 Å². The molecular weight excluding hydrogens is 417 g/mol. The predicted molar refractivity (Wildman–Crippen MR) is 140 cm³/mol. The molecule has 1 atom stereocenters. The van der Waals surface area contributed by atoms with E-state index >= 15 is 0 Å². The van der Waals surface area contributed by atoms with Gasteiger partial charge in [0.25, 0.3) is 5.82 Å². The van der Waals surface area contributed by atoms with Crippen LogP contribution in [-0.2, 0) is 7.05 Å². The number of aryl methyl sites for hydroxylation is 2. The number of hydrogen-bond acceptors (Lipinski definition) is 2. The Kier molecular flexibility index (Phi) is 3.85. The monoisotopic (exact) mass is 446 g/mol. The fourth-order valence-electron chi connectivity index (χ4n) is 6.67. The molecule has 0 N–H and O–H groups in total. The number of furan rings is 1. The van der Waals surface area contributed by atoms with Gasteiger partial charge in [-0.2, -0.15) is 0 Å². The number of nitrogens with zero attached hydrogens (tertiary/aromatic N) is 3. The van der Waals surface area contributed by atoms with E-state index in [0.717, 1.165) is 11.2 Å². The van der Waals surface area contributed by atoms with Crippen molar-refractivity contribution in [3.05, 3.63) is 77.1 Å². The number of benzene rings is 3. The van der Waals surface area contributed by atoms with E-state index in [4.69, 9.17) is 4.42 Å². The Morgan fingerprint density at radius 3 is 2.65 bits per heavy atom. The lowest BCUT2D eigenvalue weighted by molar-refractivity contribution is -0.659. The van der Waals surface area contributed by atoms with Crippen LogP contribution in [0.15, 0.2) is 59.1 Å². The Morgan fingerprint density at radius 2 is 1.85 bits per heavy atom. The number of anilines is 1. The highest BCUT2D eigenvalue weighted by molar-refractivity contribution is 6.78. The van der Waals surface area contributed by atoms with Gasteiger partial charge in [-0.25, -0.2) is 4.57 Å². The minimum absolute atomic E-state index is 0.113. The molecule has 0 radical (unpaired) electrons. The van der Waals surface area contributed by atoms with Crippen molar-refractivity contribution < 1.29 is 8.98 Å². The van der Waals surface area contributed by atoms with Crippen LogP contribution in [0.4, 0.5) is 5.69 Å². The van der Waals surface area contributed by atoms with Crippen LogP contribution in [-0.4, -0.2) is 18.5 Å². The van der Waals surface area contributed by atoms with Crippen molar-refractivity contribution in [3.8, 4) is 11.4 Å². The standard InChI is InChI=1S/C29H29BN3O/c1-16(2)19-11-9-12-20-18(4)22-15-31(5)29-25-17(3)14-24-26(21-10-7-8-13-23(21)34-24)28(25)32(6)30(27(19)20)33(22)29/h7-16,18H,1-6H3/q+1. The number of fused-ring (bicyclic) bond motifs is 8. The summed E-state index contributed by atoms with van der Waals surface area (Å²) in [6, 6.07) is 17.6. The smallest absolute Gasteiger partial charge is 0.456 e. The maximum absolute atomic E-state index is 6.36. The molecule has 2 aliphatic rings. The van der Waals surface area contributed by atoms with Crippen LogP contribution in [0.3, 0.4) is 0 Å². The molecule has 0 spiro atoms. The zero-order valence-corrected chi connectivity index (χ0v) is 20.7. The number of aromatic nitrogens is 2. The molecule has 5 heteroatoms. The first-order valence-corrected chi connectivity index (χ1v) is 12.3. The molecule has 0 bridgehead atoms. The summed E-state index contributed by atoms with van der Waals surface area (Å²) in [5.74, 6) is 2.09. The maximum Gasteiger partial charge on any atom is 0.537 e. The van der Waals surface area contributed by atoms with Crippen LogP contribution in [0.2, 0.25) is 0 Å². The molecule has 168 valence electrons. The molecule has 4 heterocycles. The molecule has 0 saturated heterocycles. The summed E-state index contributed by atoms with van der Waals surface area (Å²) in [5, 5.41) is 2.40. The van der Waals surface area contributed by atoms with Gasteiger partial charge in [0, 0.05) is 16.8 Å². The molecule has 0 aliphatic carbocycles. The lowest BCUT2D eigenvalue weighted by Crippen LogP contribution is -2.60. The normalized spacial score (nSPS) is 16.4. The second kappa shape index (κ2) is 6.56. The summed E-state index contributed by atoms with van der Waals surface area (Å²) in [6.45, 7) is 9.32. The van der Waals surface area contributed by atoms with Crippen molar-refractivity contribution >= 4 is 40.1 Å². The molecule has 0 fully saturated rings. The van der Waals surface area contributed by atoms with E-state index in [1.807, 2.05) is 0 Å². The van der Waals surface area contributed by atoms with E-state index < -0.39 is 0 Å². The Bertz CT molecular complexity index is 1660. The fraction of sp³-hybridized carbons (Fsp3) is 0.276. The quantitative estimate of drug-likeness (QED) is 0.252. The highest BCUT2D eigenvalue weighted by atomic mass is 16.3. The highest BCUT2D eigenvalue weighted by Crippen LogP contribution is 2.48. The third-order valence-corrected chi connectivity index (χ3v) is 8.16. The fourth-order valence-corrected chi connectivity index (χ4v) is 6.67. The molecule has 0 amide bonds. The van der Waals surface area contributed by atoms with Crippen LogP contribution in [0.1, 0.15) is 55.0 Å². The minimum atomic E-state index is 0.113. The zero-order chi connectivity index (χ0) is 23.5. The third kappa shape index (κ3) is 2.27. The number of imidazole rings is 1. The number of hydrogen-bond donors (Lipinski definition) is 0. The maximum atomic E-state index is 6.36. The molecule has 0 saturated carbocycles. The Hall–Kier alpha value is -3.47. The van der Waals surface area contributed by atoms with Crippen LogP contribution >= 0.6 is 0 Å². The van der Waals surface area contributed by atoms with E-state index in [1.165, 1.54) is 55.7 Å². The molecule has 2 aromatic heterocycles. The Labute approximate surface area is 200 Å². The first-order valence-electron chi connectivity index (χ1n) is 12.3. The van der Waals surface area contributed by atoms with Gasteiger partial charge in [0.1, 0.15) is 23.1 Å². The summed E-state index contributed by atoms with van der Waals surface area (Å²) >= 11 is 0. The van der Waals surface area contributed by atoms with Crippen molar-refractivity contribution in [2.75, 3.05) is 11.9 Å². The molecular formula is C29H29BN3O+. The van der Waals surface area contributed by atoms with Gasteiger partial charge in [0.2, 0.25) is 0 Å². The average molecular weight is 446 g/mol. The molecule has 3 aromatic carbocycles. The third-order valence-electron chi connectivity index (χ3n) is 8.16. The Balaban J connectivity index is 1.67. The minimum Gasteiger partial charge on any atom is -0.456 e. The molecule has 2 aliphatic heterocycles. The van der Waals surface area contributed by atoms with Gasteiger partial charge in [-0.1, -0.05) is 57.2 Å². The van der Waals surface area contributed by atoms with Crippen LogP contribution in [0.5, 0.6) is 0 Å². The van der Waals surface area contributed by atoms with Gasteiger partial charge in [0.15, 0.2) is 0 Å². The molecule has 1 unspecified atom stereocenters.